The standard InChI is InChI=1S/C10H18O2/c1-7-5-4-6-9(7)8(2)10(11)12-3/h7-9H,4-6H2,1-3H3. The molecule has 0 aromatic heterocycles. The maximum atomic E-state index is 11.2. The number of hydrogen-bond donors (Lipinski definition) is 0. The van der Waals surface area contributed by atoms with Crippen LogP contribution in [0.5, 0.6) is 0 Å². The lowest BCUT2D eigenvalue weighted by molar-refractivity contribution is -0.147. The Morgan fingerprint density at radius 3 is 2.58 bits per heavy atom. The van der Waals surface area contributed by atoms with Crippen molar-refractivity contribution in [3.8, 4) is 0 Å². The van der Waals surface area contributed by atoms with Gasteiger partial charge in [-0.1, -0.05) is 26.7 Å². The first-order chi connectivity index (χ1) is 5.66. The minimum atomic E-state index is -0.0475. The summed E-state index contributed by atoms with van der Waals surface area (Å²) in [5, 5.41) is 0. The molecule has 70 valence electrons. The van der Waals surface area contributed by atoms with Gasteiger partial charge < -0.3 is 4.74 Å². The van der Waals surface area contributed by atoms with E-state index < -0.39 is 0 Å². The van der Waals surface area contributed by atoms with Gasteiger partial charge in [-0.15, -0.1) is 0 Å². The maximum Gasteiger partial charge on any atom is 0.308 e. The van der Waals surface area contributed by atoms with E-state index in [1.54, 1.807) is 0 Å². The van der Waals surface area contributed by atoms with Gasteiger partial charge in [0.15, 0.2) is 0 Å². The second-order valence-electron chi connectivity index (χ2n) is 3.88. The monoisotopic (exact) mass is 170 g/mol. The van der Waals surface area contributed by atoms with Gasteiger partial charge in [0, 0.05) is 0 Å². The molecule has 3 unspecified atom stereocenters. The third-order valence-corrected chi connectivity index (χ3v) is 3.14. The minimum Gasteiger partial charge on any atom is -0.469 e. The van der Waals surface area contributed by atoms with Crippen molar-refractivity contribution in [2.45, 2.75) is 33.1 Å². The number of hydrogen-bond acceptors (Lipinski definition) is 2. The van der Waals surface area contributed by atoms with Crippen molar-refractivity contribution in [2.75, 3.05) is 7.11 Å². The molecule has 0 bridgehead atoms. The molecule has 0 heterocycles. The summed E-state index contributed by atoms with van der Waals surface area (Å²) in [6.45, 7) is 4.22. The first kappa shape index (κ1) is 9.56. The number of carbonyl (C=O) groups excluding carboxylic acids is 1. The molecular weight excluding hydrogens is 152 g/mol. The number of esters is 1. The molecule has 0 spiro atoms. The van der Waals surface area contributed by atoms with E-state index in [4.69, 9.17) is 4.74 Å². The van der Waals surface area contributed by atoms with Gasteiger partial charge in [0.25, 0.3) is 0 Å². The first-order valence-corrected chi connectivity index (χ1v) is 4.74. The number of ether oxygens (including phenoxy) is 1. The zero-order chi connectivity index (χ0) is 9.14. The summed E-state index contributed by atoms with van der Waals surface area (Å²) in [5.74, 6) is 1.29. The Morgan fingerprint density at radius 1 is 1.50 bits per heavy atom. The summed E-state index contributed by atoms with van der Waals surface area (Å²) in [5.41, 5.74) is 0. The van der Waals surface area contributed by atoms with Crippen molar-refractivity contribution < 1.29 is 9.53 Å². The van der Waals surface area contributed by atoms with E-state index in [9.17, 15) is 4.79 Å². The lowest BCUT2D eigenvalue weighted by Crippen LogP contribution is -2.23. The Labute approximate surface area is 74.3 Å². The normalized spacial score (nSPS) is 31.6. The highest BCUT2D eigenvalue weighted by atomic mass is 16.5. The quantitative estimate of drug-likeness (QED) is 0.594. The van der Waals surface area contributed by atoms with Crippen LogP contribution in [0.25, 0.3) is 0 Å². The van der Waals surface area contributed by atoms with Crippen molar-refractivity contribution in [3.05, 3.63) is 0 Å². The average molecular weight is 170 g/mol. The molecule has 0 aromatic carbocycles. The predicted octanol–water partition coefficient (Wildman–Crippen LogP) is 2.23. The Balaban J connectivity index is 2.51. The minimum absolute atomic E-state index is 0.0475. The molecule has 3 atom stereocenters. The van der Waals surface area contributed by atoms with Crippen LogP contribution in [0, 0.1) is 17.8 Å². The van der Waals surface area contributed by atoms with Gasteiger partial charge >= 0.3 is 5.97 Å². The molecular formula is C10H18O2. The van der Waals surface area contributed by atoms with E-state index >= 15 is 0 Å². The third-order valence-electron chi connectivity index (χ3n) is 3.14. The topological polar surface area (TPSA) is 26.3 Å². The molecule has 1 rings (SSSR count). The van der Waals surface area contributed by atoms with Crippen LogP contribution in [-0.2, 0) is 9.53 Å². The van der Waals surface area contributed by atoms with Crippen molar-refractivity contribution in [3.63, 3.8) is 0 Å². The van der Waals surface area contributed by atoms with Crippen LogP contribution >= 0.6 is 0 Å². The van der Waals surface area contributed by atoms with Gasteiger partial charge in [-0.2, -0.15) is 0 Å². The molecule has 0 aromatic rings. The SMILES string of the molecule is COC(=O)C(C)C1CCCC1C. The molecule has 2 nitrogen and oxygen atoms in total. The number of rotatable bonds is 2. The van der Waals surface area contributed by atoms with Crippen molar-refractivity contribution in [1.82, 2.24) is 0 Å². The van der Waals surface area contributed by atoms with Crippen LogP contribution in [0.1, 0.15) is 33.1 Å². The van der Waals surface area contributed by atoms with Gasteiger partial charge in [-0.25, -0.2) is 0 Å². The molecule has 1 fully saturated rings. The fourth-order valence-electron chi connectivity index (χ4n) is 2.28. The van der Waals surface area contributed by atoms with E-state index in [2.05, 4.69) is 6.92 Å². The summed E-state index contributed by atoms with van der Waals surface area (Å²) in [6, 6.07) is 0. The van der Waals surface area contributed by atoms with Crippen LogP contribution < -0.4 is 0 Å². The van der Waals surface area contributed by atoms with Gasteiger partial charge in [0.05, 0.1) is 13.0 Å². The highest BCUT2D eigenvalue weighted by Gasteiger charge is 2.32. The van der Waals surface area contributed by atoms with Crippen LogP contribution in [0.15, 0.2) is 0 Å². The molecule has 1 aliphatic rings. The molecule has 0 radical (unpaired) electrons. The predicted molar refractivity (Wildman–Crippen MR) is 47.7 cm³/mol. The Morgan fingerprint density at radius 2 is 2.17 bits per heavy atom. The van der Waals surface area contributed by atoms with Crippen LogP contribution in [0.2, 0.25) is 0 Å². The molecule has 1 aliphatic carbocycles. The van der Waals surface area contributed by atoms with E-state index in [1.807, 2.05) is 6.92 Å². The molecule has 12 heavy (non-hydrogen) atoms. The summed E-state index contributed by atoms with van der Waals surface area (Å²) in [4.78, 5) is 11.2. The molecule has 2 heteroatoms. The van der Waals surface area contributed by atoms with E-state index in [-0.39, 0.29) is 11.9 Å². The van der Waals surface area contributed by atoms with Crippen LogP contribution in [0.4, 0.5) is 0 Å². The van der Waals surface area contributed by atoms with E-state index in [1.165, 1.54) is 26.4 Å². The molecule has 0 aliphatic heterocycles. The van der Waals surface area contributed by atoms with Crippen LogP contribution in [-0.4, -0.2) is 13.1 Å². The molecule has 1 saturated carbocycles. The van der Waals surface area contributed by atoms with Gasteiger partial charge in [0.1, 0.15) is 0 Å². The van der Waals surface area contributed by atoms with Crippen molar-refractivity contribution >= 4 is 5.97 Å². The second-order valence-corrected chi connectivity index (χ2v) is 3.88. The van der Waals surface area contributed by atoms with Crippen LogP contribution in [0.3, 0.4) is 0 Å². The largest absolute Gasteiger partial charge is 0.469 e. The van der Waals surface area contributed by atoms with Crippen molar-refractivity contribution in [1.29, 1.82) is 0 Å². The lowest BCUT2D eigenvalue weighted by Gasteiger charge is -2.20. The second kappa shape index (κ2) is 3.92. The number of methoxy groups -OCH3 is 1. The molecule has 0 amide bonds. The van der Waals surface area contributed by atoms with Crippen molar-refractivity contribution in [2.24, 2.45) is 17.8 Å². The smallest absolute Gasteiger partial charge is 0.308 e. The van der Waals surface area contributed by atoms with Gasteiger partial charge in [-0.05, 0) is 18.3 Å². The molecule has 0 saturated heterocycles. The van der Waals surface area contributed by atoms with E-state index in [0.717, 1.165) is 0 Å². The number of carbonyl (C=O) groups is 1. The Bertz CT molecular complexity index is 165. The summed E-state index contributed by atoms with van der Waals surface area (Å²) in [7, 11) is 1.47. The van der Waals surface area contributed by atoms with Gasteiger partial charge in [-0.3, -0.25) is 4.79 Å². The van der Waals surface area contributed by atoms with E-state index in [0.29, 0.717) is 11.8 Å². The Hall–Kier alpha value is -0.530. The third kappa shape index (κ3) is 1.79. The zero-order valence-corrected chi connectivity index (χ0v) is 8.17. The fourth-order valence-corrected chi connectivity index (χ4v) is 2.28. The fraction of sp³-hybridized carbons (Fsp3) is 0.900. The summed E-state index contributed by atoms with van der Waals surface area (Å²) in [6.07, 6.45) is 3.73. The molecule has 0 N–H and O–H groups in total. The maximum absolute atomic E-state index is 11.2. The van der Waals surface area contributed by atoms with Gasteiger partial charge in [0.2, 0.25) is 0 Å². The zero-order valence-electron chi connectivity index (χ0n) is 8.17. The average Bonchev–Trinajstić information content (AvgIpc) is 2.48. The summed E-state index contributed by atoms with van der Waals surface area (Å²) < 4.78 is 4.73. The summed E-state index contributed by atoms with van der Waals surface area (Å²) >= 11 is 0. The first-order valence-electron chi connectivity index (χ1n) is 4.74. The Kier molecular flexibility index (Phi) is 3.12. The highest BCUT2D eigenvalue weighted by Crippen LogP contribution is 2.36. The highest BCUT2D eigenvalue weighted by molar-refractivity contribution is 5.72. The lowest BCUT2D eigenvalue weighted by atomic mass is 9.86.